The zero-order valence-electron chi connectivity index (χ0n) is 14.9. The monoisotopic (exact) mass is 507 g/mol. The smallest absolute Gasteiger partial charge is 0.296 e. The molecule has 9 heteroatoms. The molecule has 1 fully saturated rings. The molecule has 1 atom stereocenters. The summed E-state index contributed by atoms with van der Waals surface area (Å²) in [5, 5.41) is 4.38. The Morgan fingerprint density at radius 3 is 2.54 bits per heavy atom. The van der Waals surface area contributed by atoms with Crippen molar-refractivity contribution in [2.24, 2.45) is 0 Å². The van der Waals surface area contributed by atoms with Gasteiger partial charge in [0.25, 0.3) is 5.91 Å². The molecule has 1 N–H and O–H groups in total. The van der Waals surface area contributed by atoms with Gasteiger partial charge in [0.05, 0.1) is 5.56 Å². The standard InChI is InChI=1S/C19H18IN5O2S/c20-16-10-13-25(22-16)17-9-8-15(18(21-17)24-11-4-5-12-24)19(26)23-28(27)14-6-2-1-3-7-14/h1-3,6-10,13H,4-5,11-12H2,(H,23,26). The number of benzene rings is 1. The van der Waals surface area contributed by atoms with Crippen LogP contribution in [0.1, 0.15) is 23.2 Å². The number of amides is 1. The summed E-state index contributed by atoms with van der Waals surface area (Å²) in [7, 11) is 0. The Labute approximate surface area is 179 Å². The zero-order chi connectivity index (χ0) is 19.5. The van der Waals surface area contributed by atoms with Gasteiger partial charge in [0.1, 0.15) is 20.9 Å². The maximum Gasteiger partial charge on any atom is 0.296 e. The predicted octanol–water partition coefficient (Wildman–Crippen LogP) is 2.92. The summed E-state index contributed by atoms with van der Waals surface area (Å²) in [6, 6.07) is 14.2. The molecule has 28 heavy (non-hydrogen) atoms. The first-order valence-corrected chi connectivity index (χ1v) is 11.1. The second kappa shape index (κ2) is 8.50. The van der Waals surface area contributed by atoms with E-state index < -0.39 is 17.3 Å². The molecule has 1 aromatic carbocycles. The summed E-state index contributed by atoms with van der Waals surface area (Å²) in [6.07, 6.45) is 3.95. The molecule has 4 rings (SSSR count). The maximum absolute atomic E-state index is 12.9. The molecule has 1 aliphatic rings. The number of hydrogen-bond acceptors (Lipinski definition) is 5. The number of pyridine rings is 1. The Morgan fingerprint density at radius 2 is 1.86 bits per heavy atom. The number of nitrogens with one attached hydrogen (secondary N) is 1. The van der Waals surface area contributed by atoms with Gasteiger partial charge in [0.15, 0.2) is 10.7 Å². The molecule has 3 heterocycles. The van der Waals surface area contributed by atoms with Crippen molar-refractivity contribution >= 4 is 45.7 Å². The van der Waals surface area contributed by atoms with Gasteiger partial charge in [-0.25, -0.2) is 9.67 Å². The highest BCUT2D eigenvalue weighted by Gasteiger charge is 2.25. The minimum atomic E-state index is -1.63. The van der Waals surface area contributed by atoms with Gasteiger partial charge >= 0.3 is 0 Å². The number of aromatic nitrogens is 3. The predicted molar refractivity (Wildman–Crippen MR) is 116 cm³/mol. The molecule has 0 spiro atoms. The average molecular weight is 507 g/mol. The number of rotatable bonds is 5. The minimum Gasteiger partial charge on any atom is -0.588 e. The first kappa shape index (κ1) is 19.2. The van der Waals surface area contributed by atoms with Gasteiger partial charge in [-0.1, -0.05) is 18.2 Å². The first-order valence-electron chi connectivity index (χ1n) is 8.87. The SMILES string of the molecule is O=C(N[S+]([O-])c1ccccc1)c1ccc(-n2ccc(I)n2)nc1N1CCCC1. The fraction of sp³-hybridized carbons (Fsp3) is 0.211. The van der Waals surface area contributed by atoms with E-state index in [1.54, 1.807) is 41.1 Å². The number of carbonyl (C=O) groups excluding carboxylic acids is 1. The lowest BCUT2D eigenvalue weighted by molar-refractivity contribution is 0.0981. The second-order valence-electron chi connectivity index (χ2n) is 6.33. The van der Waals surface area contributed by atoms with Crippen molar-refractivity contribution in [2.45, 2.75) is 17.7 Å². The number of anilines is 1. The normalized spacial score (nSPS) is 14.9. The van der Waals surface area contributed by atoms with Crippen LogP contribution in [-0.4, -0.2) is 38.3 Å². The van der Waals surface area contributed by atoms with Crippen LogP contribution in [0.15, 0.2) is 59.6 Å². The summed E-state index contributed by atoms with van der Waals surface area (Å²) in [4.78, 5) is 20.2. The summed E-state index contributed by atoms with van der Waals surface area (Å²) in [5.74, 6) is 0.840. The fourth-order valence-electron chi connectivity index (χ4n) is 3.08. The average Bonchev–Trinajstić information content (AvgIpc) is 3.40. The lowest BCUT2D eigenvalue weighted by Crippen LogP contribution is -2.33. The third-order valence-corrected chi connectivity index (χ3v) is 6.09. The molecule has 0 aliphatic carbocycles. The molecule has 1 unspecified atom stereocenters. The van der Waals surface area contributed by atoms with E-state index >= 15 is 0 Å². The summed E-state index contributed by atoms with van der Waals surface area (Å²) >= 11 is 0.516. The van der Waals surface area contributed by atoms with Crippen LogP contribution in [-0.2, 0) is 11.4 Å². The van der Waals surface area contributed by atoms with Crippen LogP contribution < -0.4 is 9.62 Å². The van der Waals surface area contributed by atoms with Gasteiger partial charge in [-0.05, 0) is 65.8 Å². The number of halogens is 1. The highest BCUT2D eigenvalue weighted by Crippen LogP contribution is 2.25. The van der Waals surface area contributed by atoms with Gasteiger partial charge in [-0.15, -0.1) is 0 Å². The third kappa shape index (κ3) is 4.15. The van der Waals surface area contributed by atoms with E-state index in [4.69, 9.17) is 4.98 Å². The van der Waals surface area contributed by atoms with Crippen molar-refractivity contribution in [2.75, 3.05) is 18.0 Å². The van der Waals surface area contributed by atoms with Crippen molar-refractivity contribution in [1.29, 1.82) is 0 Å². The molecule has 144 valence electrons. The van der Waals surface area contributed by atoms with Crippen LogP contribution in [0.3, 0.4) is 0 Å². The molecule has 1 amide bonds. The number of carbonyl (C=O) groups is 1. The summed E-state index contributed by atoms with van der Waals surface area (Å²) < 4.78 is 17.6. The second-order valence-corrected chi connectivity index (χ2v) is 8.65. The maximum atomic E-state index is 12.9. The Kier molecular flexibility index (Phi) is 5.83. The molecule has 0 saturated carbocycles. The van der Waals surface area contributed by atoms with Crippen molar-refractivity contribution in [3.05, 3.63) is 64.0 Å². The Hall–Kier alpha value is -2.11. The molecule has 2 aromatic heterocycles. The molecule has 1 saturated heterocycles. The van der Waals surface area contributed by atoms with E-state index in [-0.39, 0.29) is 0 Å². The molecule has 0 radical (unpaired) electrons. The van der Waals surface area contributed by atoms with Gasteiger partial charge < -0.3 is 9.45 Å². The number of hydrogen-bond donors (Lipinski definition) is 1. The van der Waals surface area contributed by atoms with Crippen LogP contribution in [0, 0.1) is 3.70 Å². The largest absolute Gasteiger partial charge is 0.588 e. The Morgan fingerprint density at radius 1 is 1.11 bits per heavy atom. The quantitative estimate of drug-likeness (QED) is 0.424. The van der Waals surface area contributed by atoms with Gasteiger partial charge in [-0.3, -0.25) is 4.79 Å². The molecular weight excluding hydrogens is 489 g/mol. The summed E-state index contributed by atoms with van der Waals surface area (Å²) in [6.45, 7) is 1.68. The highest BCUT2D eigenvalue weighted by atomic mass is 127. The zero-order valence-corrected chi connectivity index (χ0v) is 17.9. The van der Waals surface area contributed by atoms with E-state index in [1.165, 1.54) is 0 Å². The first-order chi connectivity index (χ1) is 13.6. The topological polar surface area (TPSA) is 86.1 Å². The van der Waals surface area contributed by atoms with Crippen LogP contribution in [0.2, 0.25) is 0 Å². The molecular formula is C19H18IN5O2S. The highest BCUT2D eigenvalue weighted by molar-refractivity contribution is 14.1. The van der Waals surface area contributed by atoms with E-state index in [0.717, 1.165) is 29.6 Å². The van der Waals surface area contributed by atoms with E-state index in [1.807, 2.05) is 18.3 Å². The van der Waals surface area contributed by atoms with Crippen LogP contribution in [0.5, 0.6) is 0 Å². The van der Waals surface area contributed by atoms with Crippen LogP contribution >= 0.6 is 22.6 Å². The van der Waals surface area contributed by atoms with E-state index in [0.29, 0.717) is 22.1 Å². The number of nitrogens with zero attached hydrogens (tertiary/aromatic N) is 4. The van der Waals surface area contributed by atoms with Gasteiger partial charge in [0, 0.05) is 19.3 Å². The molecule has 3 aromatic rings. The molecule has 0 bridgehead atoms. The van der Waals surface area contributed by atoms with Gasteiger partial charge in [-0.2, -0.15) is 9.82 Å². The van der Waals surface area contributed by atoms with E-state index in [2.05, 4.69) is 37.3 Å². The Balaban J connectivity index is 1.64. The fourth-order valence-corrected chi connectivity index (χ4v) is 4.28. The van der Waals surface area contributed by atoms with E-state index in [9.17, 15) is 9.35 Å². The van der Waals surface area contributed by atoms with Crippen molar-refractivity contribution in [3.8, 4) is 5.82 Å². The molecule has 1 aliphatic heterocycles. The van der Waals surface area contributed by atoms with Crippen molar-refractivity contribution in [3.63, 3.8) is 0 Å². The lowest BCUT2D eigenvalue weighted by Gasteiger charge is -2.20. The van der Waals surface area contributed by atoms with Crippen LogP contribution in [0.4, 0.5) is 5.82 Å². The van der Waals surface area contributed by atoms with Gasteiger partial charge in [0.2, 0.25) is 0 Å². The van der Waals surface area contributed by atoms with Crippen molar-refractivity contribution in [1.82, 2.24) is 19.5 Å². The molecule has 7 nitrogen and oxygen atoms in total. The Bertz CT molecular complexity index is 975. The van der Waals surface area contributed by atoms with Crippen LogP contribution in [0.25, 0.3) is 5.82 Å². The lowest BCUT2D eigenvalue weighted by atomic mass is 10.2. The third-order valence-electron chi connectivity index (χ3n) is 4.44. The summed E-state index contributed by atoms with van der Waals surface area (Å²) in [5.41, 5.74) is 0.414. The van der Waals surface area contributed by atoms with Crippen molar-refractivity contribution < 1.29 is 9.35 Å². The minimum absolute atomic E-state index is 0.404.